The molecule has 1 heteroatoms. The highest BCUT2D eigenvalue weighted by atomic mass is 15.1. The molecule has 0 aliphatic heterocycles. The second kappa shape index (κ2) is 6.93. The van der Waals surface area contributed by atoms with Crippen molar-refractivity contribution in [2.45, 2.75) is 78.2 Å². The van der Waals surface area contributed by atoms with Crippen LogP contribution in [0.5, 0.6) is 0 Å². The molecule has 0 unspecified atom stereocenters. The maximum atomic E-state index is 2.54. The van der Waals surface area contributed by atoms with Gasteiger partial charge in [0.25, 0.3) is 0 Å². The van der Waals surface area contributed by atoms with Gasteiger partial charge in [0.2, 0.25) is 0 Å². The Bertz CT molecular complexity index is 220. The van der Waals surface area contributed by atoms with Gasteiger partial charge in [-0.2, -0.15) is 0 Å². The van der Waals surface area contributed by atoms with E-state index in [4.69, 9.17) is 0 Å². The fraction of sp³-hybridized carbons (Fsp3) is 1.00. The SMILES string of the molecule is CCC(CC)CC1(N(C)C)CCC(C(C)C)CC1. The van der Waals surface area contributed by atoms with Crippen molar-refractivity contribution in [3.05, 3.63) is 0 Å². The van der Waals surface area contributed by atoms with E-state index in [2.05, 4.69) is 46.7 Å². The van der Waals surface area contributed by atoms with Gasteiger partial charge in [-0.3, -0.25) is 0 Å². The zero-order valence-electron chi connectivity index (χ0n) is 13.6. The lowest BCUT2D eigenvalue weighted by Gasteiger charge is -2.47. The van der Waals surface area contributed by atoms with Crippen LogP contribution in [0.3, 0.4) is 0 Å². The molecule has 1 aliphatic rings. The lowest BCUT2D eigenvalue weighted by atomic mass is 9.68. The lowest BCUT2D eigenvalue weighted by molar-refractivity contribution is 0.0440. The Morgan fingerprint density at radius 3 is 1.89 bits per heavy atom. The molecule has 108 valence electrons. The Balaban J connectivity index is 2.67. The fourth-order valence-electron chi connectivity index (χ4n) is 3.79. The molecule has 1 nitrogen and oxygen atoms in total. The number of hydrogen-bond donors (Lipinski definition) is 0. The molecule has 0 radical (unpaired) electrons. The Hall–Kier alpha value is -0.0400. The Kier molecular flexibility index (Phi) is 6.17. The van der Waals surface area contributed by atoms with E-state index >= 15 is 0 Å². The predicted molar refractivity (Wildman–Crippen MR) is 81.9 cm³/mol. The quantitative estimate of drug-likeness (QED) is 0.647. The summed E-state index contributed by atoms with van der Waals surface area (Å²) >= 11 is 0. The number of rotatable bonds is 6. The van der Waals surface area contributed by atoms with Gasteiger partial charge in [-0.15, -0.1) is 0 Å². The van der Waals surface area contributed by atoms with Crippen LogP contribution in [0, 0.1) is 17.8 Å². The summed E-state index contributed by atoms with van der Waals surface area (Å²) < 4.78 is 0. The average molecular weight is 253 g/mol. The van der Waals surface area contributed by atoms with Crippen molar-refractivity contribution in [3.8, 4) is 0 Å². The van der Waals surface area contributed by atoms with Crippen LogP contribution in [0.15, 0.2) is 0 Å². The summed E-state index contributed by atoms with van der Waals surface area (Å²) in [6.45, 7) is 9.51. The zero-order chi connectivity index (χ0) is 13.8. The topological polar surface area (TPSA) is 3.24 Å². The van der Waals surface area contributed by atoms with Crippen LogP contribution in [-0.4, -0.2) is 24.5 Å². The van der Waals surface area contributed by atoms with E-state index in [0.717, 1.165) is 17.8 Å². The first kappa shape index (κ1) is 16.0. The van der Waals surface area contributed by atoms with E-state index in [0.29, 0.717) is 5.54 Å². The van der Waals surface area contributed by atoms with Gasteiger partial charge in [0, 0.05) is 5.54 Å². The van der Waals surface area contributed by atoms with Gasteiger partial charge in [-0.05, 0) is 64.0 Å². The number of hydrogen-bond acceptors (Lipinski definition) is 1. The van der Waals surface area contributed by atoms with Gasteiger partial charge < -0.3 is 4.90 Å². The minimum atomic E-state index is 0.502. The van der Waals surface area contributed by atoms with Crippen LogP contribution in [0.4, 0.5) is 0 Å². The van der Waals surface area contributed by atoms with Crippen molar-refractivity contribution < 1.29 is 0 Å². The van der Waals surface area contributed by atoms with E-state index in [1.165, 1.54) is 44.9 Å². The largest absolute Gasteiger partial charge is 0.304 e. The normalized spacial score (nSPS) is 29.5. The van der Waals surface area contributed by atoms with Crippen molar-refractivity contribution in [2.75, 3.05) is 14.1 Å². The average Bonchev–Trinajstić information content (AvgIpc) is 2.36. The molecule has 0 heterocycles. The Morgan fingerprint density at radius 1 is 1.06 bits per heavy atom. The molecule has 0 N–H and O–H groups in total. The van der Waals surface area contributed by atoms with Gasteiger partial charge >= 0.3 is 0 Å². The first-order valence-electron chi connectivity index (χ1n) is 8.12. The van der Waals surface area contributed by atoms with Gasteiger partial charge in [0.15, 0.2) is 0 Å². The first-order valence-corrected chi connectivity index (χ1v) is 8.12. The molecule has 1 rings (SSSR count). The summed E-state index contributed by atoms with van der Waals surface area (Å²) in [5.41, 5.74) is 0.502. The first-order chi connectivity index (χ1) is 8.45. The van der Waals surface area contributed by atoms with Crippen LogP contribution in [0.1, 0.15) is 72.6 Å². The molecular weight excluding hydrogens is 218 g/mol. The van der Waals surface area contributed by atoms with E-state index in [1.807, 2.05) is 0 Å². The molecule has 0 amide bonds. The van der Waals surface area contributed by atoms with E-state index < -0.39 is 0 Å². The minimum absolute atomic E-state index is 0.502. The molecular formula is C17H35N. The summed E-state index contributed by atoms with van der Waals surface area (Å²) in [4.78, 5) is 2.54. The highest BCUT2D eigenvalue weighted by Crippen LogP contribution is 2.42. The summed E-state index contributed by atoms with van der Waals surface area (Å²) in [6, 6.07) is 0. The standard InChI is InChI=1S/C17H35N/c1-7-15(8-2)13-17(18(5)6)11-9-16(10-12-17)14(3)4/h14-16H,7-13H2,1-6H3. The maximum Gasteiger partial charge on any atom is 0.0206 e. The highest BCUT2D eigenvalue weighted by Gasteiger charge is 2.38. The second-order valence-electron chi connectivity index (χ2n) is 7.09. The molecule has 0 saturated heterocycles. The molecule has 1 aliphatic carbocycles. The Morgan fingerprint density at radius 2 is 1.56 bits per heavy atom. The van der Waals surface area contributed by atoms with Crippen LogP contribution in [-0.2, 0) is 0 Å². The Labute approximate surface area is 115 Å². The van der Waals surface area contributed by atoms with Crippen LogP contribution in [0.25, 0.3) is 0 Å². The van der Waals surface area contributed by atoms with E-state index in [9.17, 15) is 0 Å². The third-order valence-electron chi connectivity index (χ3n) is 5.68. The van der Waals surface area contributed by atoms with Crippen molar-refractivity contribution >= 4 is 0 Å². The van der Waals surface area contributed by atoms with Crippen molar-refractivity contribution in [1.29, 1.82) is 0 Å². The third kappa shape index (κ3) is 3.73. The summed E-state index contributed by atoms with van der Waals surface area (Å²) in [5, 5.41) is 0. The van der Waals surface area contributed by atoms with Crippen LogP contribution < -0.4 is 0 Å². The van der Waals surface area contributed by atoms with Gasteiger partial charge in [0.1, 0.15) is 0 Å². The lowest BCUT2D eigenvalue weighted by Crippen LogP contribution is -2.48. The van der Waals surface area contributed by atoms with Crippen LogP contribution in [0.2, 0.25) is 0 Å². The van der Waals surface area contributed by atoms with Crippen LogP contribution >= 0.6 is 0 Å². The molecule has 0 aromatic heterocycles. The van der Waals surface area contributed by atoms with Crippen molar-refractivity contribution in [2.24, 2.45) is 17.8 Å². The molecule has 0 spiro atoms. The summed E-state index contributed by atoms with van der Waals surface area (Å²) in [5.74, 6) is 2.76. The van der Waals surface area contributed by atoms with Crippen molar-refractivity contribution in [3.63, 3.8) is 0 Å². The predicted octanol–water partition coefficient (Wildman–Crippen LogP) is 4.96. The molecule has 18 heavy (non-hydrogen) atoms. The second-order valence-corrected chi connectivity index (χ2v) is 7.09. The molecule has 0 aromatic rings. The summed E-state index contributed by atoms with van der Waals surface area (Å²) in [6.07, 6.45) is 9.82. The van der Waals surface area contributed by atoms with E-state index in [1.54, 1.807) is 0 Å². The minimum Gasteiger partial charge on any atom is -0.304 e. The molecule has 1 saturated carbocycles. The van der Waals surface area contributed by atoms with E-state index in [-0.39, 0.29) is 0 Å². The molecule has 0 bridgehead atoms. The summed E-state index contributed by atoms with van der Waals surface area (Å²) in [7, 11) is 4.61. The third-order valence-corrected chi connectivity index (χ3v) is 5.68. The van der Waals surface area contributed by atoms with Gasteiger partial charge in [-0.25, -0.2) is 0 Å². The monoisotopic (exact) mass is 253 g/mol. The smallest absolute Gasteiger partial charge is 0.0206 e. The molecule has 1 fully saturated rings. The van der Waals surface area contributed by atoms with Crippen molar-refractivity contribution in [1.82, 2.24) is 4.90 Å². The van der Waals surface area contributed by atoms with Gasteiger partial charge in [0.05, 0.1) is 0 Å². The maximum absolute atomic E-state index is 2.54. The molecule has 0 atom stereocenters. The number of nitrogens with zero attached hydrogens (tertiary/aromatic N) is 1. The van der Waals surface area contributed by atoms with Gasteiger partial charge in [-0.1, -0.05) is 40.5 Å². The molecule has 0 aromatic carbocycles. The highest BCUT2D eigenvalue weighted by molar-refractivity contribution is 4.94. The fourth-order valence-corrected chi connectivity index (χ4v) is 3.79. The zero-order valence-corrected chi connectivity index (χ0v) is 13.6.